The molecule has 1 atom stereocenters. The molecule has 3 rings (SSSR count). The summed E-state index contributed by atoms with van der Waals surface area (Å²) in [5, 5.41) is 19.9. The van der Waals surface area contributed by atoms with E-state index in [0.717, 1.165) is 17.7 Å². The van der Waals surface area contributed by atoms with Gasteiger partial charge in [-0.3, -0.25) is 9.89 Å². The number of aromatic nitrogens is 3. The lowest BCUT2D eigenvalue weighted by atomic mass is 9.92. The average Bonchev–Trinajstić information content (AvgIpc) is 3.45. The van der Waals surface area contributed by atoms with Crippen LogP contribution in [0.1, 0.15) is 41.9 Å². The highest BCUT2D eigenvalue weighted by atomic mass is 19.4. The van der Waals surface area contributed by atoms with Crippen LogP contribution in [-0.2, 0) is 17.8 Å². The standard InChI is InChI=1S/C23H22F3N3O4/c1-2-16(23(24,25)26)4-3-5-17-12-18(28-27-17)14-32-19-8-6-15(7-9-19)20(13-22(30)31)21-10-11-33-29-21/h2-4,6-12,20H,5,13-14H2,1H3,(H,27,28)(H,30,31)/b4-3-,16-2+/t20-/m0/s1. The molecule has 0 aliphatic carbocycles. The fourth-order valence-corrected chi connectivity index (χ4v) is 3.18. The Hall–Kier alpha value is -3.82. The summed E-state index contributed by atoms with van der Waals surface area (Å²) in [7, 11) is 0. The van der Waals surface area contributed by atoms with Crippen molar-refractivity contribution in [1.29, 1.82) is 0 Å². The number of aliphatic carboxylic acids is 1. The van der Waals surface area contributed by atoms with Gasteiger partial charge in [0.2, 0.25) is 0 Å². The lowest BCUT2D eigenvalue weighted by molar-refractivity contribution is -0.137. The molecule has 174 valence electrons. The Morgan fingerprint density at radius 2 is 2.03 bits per heavy atom. The van der Waals surface area contributed by atoms with Crippen molar-refractivity contribution in [2.75, 3.05) is 0 Å². The largest absolute Gasteiger partial charge is 0.487 e. The molecule has 0 radical (unpaired) electrons. The van der Waals surface area contributed by atoms with Crippen LogP contribution in [0.15, 0.2) is 71.0 Å². The van der Waals surface area contributed by atoms with Crippen molar-refractivity contribution in [2.24, 2.45) is 0 Å². The van der Waals surface area contributed by atoms with Crippen molar-refractivity contribution in [3.8, 4) is 5.75 Å². The van der Waals surface area contributed by atoms with Gasteiger partial charge >= 0.3 is 12.1 Å². The number of ether oxygens (including phenoxy) is 1. The maximum Gasteiger partial charge on any atom is 0.416 e. The SMILES string of the molecule is C/C=C(\C=C/Cc1cc(COc2ccc([C@H](CC(=O)O)c3ccon3)cc2)[nH]n1)C(F)(F)F. The number of aromatic amines is 1. The van der Waals surface area contributed by atoms with Crippen molar-refractivity contribution in [3.05, 3.63) is 89.1 Å². The van der Waals surface area contributed by atoms with Gasteiger partial charge in [0, 0.05) is 18.4 Å². The molecule has 0 aliphatic heterocycles. The first-order valence-electron chi connectivity index (χ1n) is 10.0. The summed E-state index contributed by atoms with van der Waals surface area (Å²) in [6.45, 7) is 1.52. The van der Waals surface area contributed by atoms with Crippen LogP contribution < -0.4 is 4.74 Å². The molecule has 7 nitrogen and oxygen atoms in total. The molecule has 3 aromatic rings. The lowest BCUT2D eigenvalue weighted by Gasteiger charge is -2.13. The molecular weight excluding hydrogens is 439 g/mol. The third kappa shape index (κ3) is 6.83. The second-order valence-corrected chi connectivity index (χ2v) is 7.17. The number of halogens is 3. The van der Waals surface area contributed by atoms with Gasteiger partial charge in [-0.25, -0.2) is 0 Å². The number of H-pyrrole nitrogens is 1. The van der Waals surface area contributed by atoms with Crippen molar-refractivity contribution >= 4 is 5.97 Å². The molecular formula is C23H22F3N3O4. The minimum atomic E-state index is -4.38. The Morgan fingerprint density at radius 3 is 2.64 bits per heavy atom. The zero-order chi connectivity index (χ0) is 23.8. The van der Waals surface area contributed by atoms with Gasteiger partial charge in [-0.2, -0.15) is 18.3 Å². The van der Waals surface area contributed by atoms with Gasteiger partial charge in [0.15, 0.2) is 0 Å². The summed E-state index contributed by atoms with van der Waals surface area (Å²) in [6.07, 6.45) is 0.581. The van der Waals surface area contributed by atoms with E-state index in [2.05, 4.69) is 15.4 Å². The van der Waals surface area contributed by atoms with E-state index in [4.69, 9.17) is 9.26 Å². The number of carboxylic acid groups (broad SMARTS) is 1. The summed E-state index contributed by atoms with van der Waals surface area (Å²) in [4.78, 5) is 11.2. The predicted molar refractivity (Wildman–Crippen MR) is 113 cm³/mol. The molecule has 1 aromatic carbocycles. The number of allylic oxidation sites excluding steroid dienone is 4. The van der Waals surface area contributed by atoms with Crippen LogP contribution in [0, 0.1) is 0 Å². The molecule has 0 fully saturated rings. The number of nitrogens with one attached hydrogen (secondary N) is 1. The van der Waals surface area contributed by atoms with Gasteiger partial charge in [0.1, 0.15) is 18.6 Å². The monoisotopic (exact) mass is 461 g/mol. The first-order valence-corrected chi connectivity index (χ1v) is 10.0. The van der Waals surface area contributed by atoms with E-state index in [1.165, 1.54) is 19.3 Å². The van der Waals surface area contributed by atoms with Gasteiger partial charge in [0.05, 0.1) is 29.1 Å². The third-order valence-electron chi connectivity index (χ3n) is 4.82. The quantitative estimate of drug-likeness (QED) is 0.403. The first-order chi connectivity index (χ1) is 15.8. The summed E-state index contributed by atoms with van der Waals surface area (Å²) in [5.41, 5.74) is 1.83. The smallest absolute Gasteiger partial charge is 0.416 e. The molecule has 0 spiro atoms. The zero-order valence-electron chi connectivity index (χ0n) is 17.7. The molecule has 0 saturated carbocycles. The van der Waals surface area contributed by atoms with E-state index < -0.39 is 23.6 Å². The van der Waals surface area contributed by atoms with E-state index in [-0.39, 0.29) is 19.4 Å². The molecule has 2 N–H and O–H groups in total. The molecule has 0 bridgehead atoms. The lowest BCUT2D eigenvalue weighted by Crippen LogP contribution is -2.09. The van der Waals surface area contributed by atoms with E-state index in [1.807, 2.05) is 0 Å². The van der Waals surface area contributed by atoms with Gasteiger partial charge in [-0.05, 0) is 30.7 Å². The topological polar surface area (TPSA) is 101 Å². The van der Waals surface area contributed by atoms with Crippen molar-refractivity contribution < 1.29 is 32.3 Å². The molecule has 0 unspecified atom stereocenters. The van der Waals surface area contributed by atoms with Crippen LogP contribution in [0.4, 0.5) is 13.2 Å². The summed E-state index contributed by atoms with van der Waals surface area (Å²) >= 11 is 0. The Morgan fingerprint density at radius 1 is 1.27 bits per heavy atom. The Labute approximate surface area is 187 Å². The summed E-state index contributed by atoms with van der Waals surface area (Å²) in [6, 6.07) is 10.3. The number of carbonyl (C=O) groups is 1. The summed E-state index contributed by atoms with van der Waals surface area (Å²) < 4.78 is 48.7. The van der Waals surface area contributed by atoms with Crippen LogP contribution in [-0.4, -0.2) is 32.6 Å². The average molecular weight is 461 g/mol. The molecule has 0 saturated heterocycles. The predicted octanol–water partition coefficient (Wildman–Crippen LogP) is 5.19. The van der Waals surface area contributed by atoms with Crippen molar-refractivity contribution in [2.45, 2.75) is 38.5 Å². The van der Waals surface area contributed by atoms with E-state index in [1.54, 1.807) is 36.4 Å². The number of carboxylic acids is 1. The highest BCUT2D eigenvalue weighted by molar-refractivity contribution is 5.68. The van der Waals surface area contributed by atoms with Gasteiger partial charge < -0.3 is 14.4 Å². The van der Waals surface area contributed by atoms with Crippen molar-refractivity contribution in [3.63, 3.8) is 0 Å². The Bertz CT molecular complexity index is 1100. The van der Waals surface area contributed by atoms with Crippen molar-refractivity contribution in [1.82, 2.24) is 15.4 Å². The highest BCUT2D eigenvalue weighted by Gasteiger charge is 2.30. The fraction of sp³-hybridized carbons (Fsp3) is 0.261. The van der Waals surface area contributed by atoms with Crippen LogP contribution in [0.5, 0.6) is 5.75 Å². The molecule has 2 heterocycles. The fourth-order valence-electron chi connectivity index (χ4n) is 3.18. The second-order valence-electron chi connectivity index (χ2n) is 7.17. The van der Waals surface area contributed by atoms with Crippen LogP contribution in [0.2, 0.25) is 0 Å². The number of nitrogens with zero attached hydrogens (tertiary/aromatic N) is 2. The van der Waals surface area contributed by atoms with E-state index in [0.29, 0.717) is 22.8 Å². The Balaban J connectivity index is 1.57. The van der Waals surface area contributed by atoms with E-state index >= 15 is 0 Å². The minimum absolute atomic E-state index is 0.128. The molecule has 0 amide bonds. The minimum Gasteiger partial charge on any atom is -0.487 e. The number of alkyl halides is 3. The van der Waals surface area contributed by atoms with Crippen LogP contribution in [0.25, 0.3) is 0 Å². The molecule has 0 aliphatic rings. The molecule has 33 heavy (non-hydrogen) atoms. The number of benzene rings is 1. The number of rotatable bonds is 10. The first kappa shape index (κ1) is 23.8. The van der Waals surface area contributed by atoms with Gasteiger partial charge in [-0.15, -0.1) is 0 Å². The maximum absolute atomic E-state index is 12.7. The zero-order valence-corrected chi connectivity index (χ0v) is 17.7. The van der Waals surface area contributed by atoms with Crippen LogP contribution in [0.3, 0.4) is 0 Å². The van der Waals surface area contributed by atoms with E-state index in [9.17, 15) is 23.1 Å². The number of hydrogen-bond donors (Lipinski definition) is 2. The third-order valence-corrected chi connectivity index (χ3v) is 4.82. The van der Waals surface area contributed by atoms with Gasteiger partial charge in [-0.1, -0.05) is 35.5 Å². The molecule has 10 heteroatoms. The van der Waals surface area contributed by atoms with Gasteiger partial charge in [0.25, 0.3) is 0 Å². The van der Waals surface area contributed by atoms with Crippen LogP contribution >= 0.6 is 0 Å². The normalized spacial score (nSPS) is 13.4. The summed E-state index contributed by atoms with van der Waals surface area (Å²) in [5.74, 6) is -0.834. The maximum atomic E-state index is 12.7. The highest BCUT2D eigenvalue weighted by Crippen LogP contribution is 2.29. The Kier molecular flexibility index (Phi) is 7.70. The second kappa shape index (κ2) is 10.7. The number of hydrogen-bond acceptors (Lipinski definition) is 5. The molecule has 2 aromatic heterocycles.